The maximum absolute atomic E-state index is 2.46. The van der Waals surface area contributed by atoms with Gasteiger partial charge in [0.1, 0.15) is 0 Å². The summed E-state index contributed by atoms with van der Waals surface area (Å²) in [6.45, 7) is 4.72. The van der Waals surface area contributed by atoms with Crippen LogP contribution in [0.15, 0.2) is 158 Å². The van der Waals surface area contributed by atoms with Crippen molar-refractivity contribution in [3.63, 3.8) is 0 Å². The Balaban J connectivity index is 1.09. The van der Waals surface area contributed by atoms with Gasteiger partial charge in [-0.2, -0.15) is 0 Å². The topological polar surface area (TPSA) is 0 Å². The summed E-state index contributed by atoms with van der Waals surface area (Å²) in [4.78, 5) is 0. The quantitative estimate of drug-likeness (QED) is 0.157. The van der Waals surface area contributed by atoms with Crippen molar-refractivity contribution in [2.45, 2.75) is 19.3 Å². The van der Waals surface area contributed by atoms with Crippen molar-refractivity contribution in [2.24, 2.45) is 0 Å². The molecule has 248 valence electrons. The lowest BCUT2D eigenvalue weighted by Gasteiger charge is -2.22. The fourth-order valence-corrected chi connectivity index (χ4v) is 11.8. The minimum Gasteiger partial charge on any atom is -0.135 e. The summed E-state index contributed by atoms with van der Waals surface area (Å²) < 4.78 is 5.39. The van der Waals surface area contributed by atoms with Crippen LogP contribution in [0.4, 0.5) is 0 Å². The van der Waals surface area contributed by atoms with E-state index in [0.717, 1.165) is 0 Å². The molecule has 12 rings (SSSR count). The molecule has 0 nitrogen and oxygen atoms in total. The summed E-state index contributed by atoms with van der Waals surface area (Å²) in [5, 5.41) is 13.2. The van der Waals surface area contributed by atoms with Gasteiger partial charge in [-0.3, -0.25) is 0 Å². The van der Waals surface area contributed by atoms with Gasteiger partial charge in [0.05, 0.1) is 0 Å². The number of rotatable bonds is 2. The van der Waals surface area contributed by atoms with E-state index in [2.05, 4.69) is 172 Å². The first-order chi connectivity index (χ1) is 26.0. The Labute approximate surface area is 315 Å². The van der Waals surface area contributed by atoms with Gasteiger partial charge in [0.2, 0.25) is 0 Å². The maximum Gasteiger partial charge on any atom is 0.0362 e. The average molecular weight is 709 g/mol. The second-order valence-electron chi connectivity index (χ2n) is 15.2. The van der Waals surface area contributed by atoms with E-state index in [1.165, 1.54) is 117 Å². The minimum absolute atomic E-state index is 0.0142. The van der Waals surface area contributed by atoms with Gasteiger partial charge in [-0.25, -0.2) is 0 Å². The summed E-state index contributed by atoms with van der Waals surface area (Å²) in [5.74, 6) is 0. The Morgan fingerprint density at radius 2 is 0.906 bits per heavy atom. The fourth-order valence-electron chi connectivity index (χ4n) is 9.60. The van der Waals surface area contributed by atoms with E-state index in [9.17, 15) is 0 Å². The molecule has 0 unspecified atom stereocenters. The van der Waals surface area contributed by atoms with Gasteiger partial charge in [0.15, 0.2) is 0 Å². The number of benzene rings is 9. The van der Waals surface area contributed by atoms with Crippen LogP contribution in [0.2, 0.25) is 0 Å². The molecule has 0 atom stereocenters. The van der Waals surface area contributed by atoms with Gasteiger partial charge >= 0.3 is 0 Å². The van der Waals surface area contributed by atoms with Crippen molar-refractivity contribution in [1.29, 1.82) is 0 Å². The summed E-state index contributed by atoms with van der Waals surface area (Å²) in [7, 11) is 0. The molecule has 1 aliphatic carbocycles. The van der Waals surface area contributed by atoms with Gasteiger partial charge < -0.3 is 0 Å². The molecule has 0 fully saturated rings. The Kier molecular flexibility index (Phi) is 5.97. The van der Waals surface area contributed by atoms with Crippen molar-refractivity contribution < 1.29 is 0 Å². The van der Waals surface area contributed by atoms with Gasteiger partial charge in [-0.15, -0.1) is 22.7 Å². The molecule has 0 radical (unpaired) electrons. The Bertz CT molecular complexity index is 3310. The van der Waals surface area contributed by atoms with Crippen molar-refractivity contribution in [2.75, 3.05) is 0 Å². The monoisotopic (exact) mass is 708 g/mol. The molecule has 2 heterocycles. The fraction of sp³-hybridized carbons (Fsp3) is 0.0588. The minimum atomic E-state index is -0.0142. The molecule has 1 aliphatic rings. The molecule has 11 aromatic rings. The molecule has 0 amide bonds. The van der Waals surface area contributed by atoms with Gasteiger partial charge in [-0.05, 0) is 119 Å². The van der Waals surface area contributed by atoms with Crippen LogP contribution in [0, 0.1) is 0 Å². The normalized spacial score (nSPS) is 13.6. The lowest BCUT2D eigenvalue weighted by Crippen LogP contribution is -2.14. The summed E-state index contributed by atoms with van der Waals surface area (Å²) in [6.07, 6.45) is 0. The number of thiophene rings is 2. The zero-order valence-electron chi connectivity index (χ0n) is 29.3. The smallest absolute Gasteiger partial charge is 0.0362 e. The molecule has 0 saturated carbocycles. The highest BCUT2D eigenvalue weighted by Crippen LogP contribution is 2.52. The highest BCUT2D eigenvalue weighted by molar-refractivity contribution is 7.26. The molecule has 0 N–H and O–H groups in total. The third kappa shape index (κ3) is 4.05. The first kappa shape index (κ1) is 29.7. The lowest BCUT2D eigenvalue weighted by atomic mass is 9.81. The molecule has 9 aromatic carbocycles. The van der Waals surface area contributed by atoms with E-state index in [0.29, 0.717) is 0 Å². The van der Waals surface area contributed by atoms with E-state index in [4.69, 9.17) is 0 Å². The molecular weight excluding hydrogens is 677 g/mol. The van der Waals surface area contributed by atoms with Gasteiger partial charge in [-0.1, -0.05) is 129 Å². The molecule has 0 spiro atoms. The first-order valence-corrected chi connectivity index (χ1v) is 20.1. The van der Waals surface area contributed by atoms with Crippen molar-refractivity contribution in [1.82, 2.24) is 0 Å². The van der Waals surface area contributed by atoms with Crippen molar-refractivity contribution in [3.8, 4) is 33.4 Å². The van der Waals surface area contributed by atoms with Gasteiger partial charge in [0, 0.05) is 45.8 Å². The van der Waals surface area contributed by atoms with Crippen LogP contribution in [0.25, 0.3) is 106 Å². The largest absolute Gasteiger partial charge is 0.135 e. The van der Waals surface area contributed by atoms with Crippen LogP contribution >= 0.6 is 22.7 Å². The SMILES string of the molecule is CC1(C)c2ccccc2-c2cc(-c3c4ccccc4c(-c4ccc5sc6cc7c(ccc8sc9ccccc9c87)cc6c5c4)c4ccccc34)ccc21. The van der Waals surface area contributed by atoms with Crippen LogP contribution < -0.4 is 0 Å². The van der Waals surface area contributed by atoms with E-state index < -0.39 is 0 Å². The molecular formula is C51H32S2. The van der Waals surface area contributed by atoms with E-state index in [-0.39, 0.29) is 5.41 Å². The maximum atomic E-state index is 2.46. The zero-order valence-corrected chi connectivity index (χ0v) is 31.0. The van der Waals surface area contributed by atoms with Crippen molar-refractivity contribution >= 4 is 95.3 Å². The van der Waals surface area contributed by atoms with Crippen LogP contribution in [-0.2, 0) is 5.41 Å². The second kappa shape index (κ2) is 10.6. The van der Waals surface area contributed by atoms with Crippen LogP contribution in [0.5, 0.6) is 0 Å². The molecule has 0 bridgehead atoms. The lowest BCUT2D eigenvalue weighted by molar-refractivity contribution is 0.660. The zero-order chi connectivity index (χ0) is 35.0. The third-order valence-corrected chi connectivity index (χ3v) is 14.3. The third-order valence-electron chi connectivity index (χ3n) is 12.0. The highest BCUT2D eigenvalue weighted by atomic mass is 32.1. The predicted molar refractivity (Wildman–Crippen MR) is 233 cm³/mol. The van der Waals surface area contributed by atoms with Gasteiger partial charge in [0.25, 0.3) is 0 Å². The van der Waals surface area contributed by atoms with Crippen LogP contribution in [-0.4, -0.2) is 0 Å². The Morgan fingerprint density at radius 1 is 0.358 bits per heavy atom. The van der Waals surface area contributed by atoms with Crippen LogP contribution in [0.3, 0.4) is 0 Å². The molecule has 0 saturated heterocycles. The second-order valence-corrected chi connectivity index (χ2v) is 17.4. The number of fused-ring (bicyclic) bond motifs is 13. The Morgan fingerprint density at radius 3 is 1.66 bits per heavy atom. The van der Waals surface area contributed by atoms with E-state index in [1.54, 1.807) is 0 Å². The predicted octanol–water partition coefficient (Wildman–Crippen LogP) is 15.5. The average Bonchev–Trinajstić information content (AvgIpc) is 3.83. The molecule has 0 aliphatic heterocycles. The Hall–Kier alpha value is -5.80. The standard InChI is InChI=1S/C51H32S2/c1-51(2)42-17-9-7-11-32(42)39-26-30(19-22-43(39)51)48-33-12-3-5-14-35(33)49(36-15-6-4-13-34(36)48)31-21-23-45-40(27-31)41-25-29-20-24-46-50(38(29)28-47(41)53-45)37-16-8-10-18-44(37)52-46/h3-28H,1-2H3. The summed E-state index contributed by atoms with van der Waals surface area (Å²) in [5.41, 5.74) is 10.7. The number of hydrogen-bond donors (Lipinski definition) is 0. The first-order valence-electron chi connectivity index (χ1n) is 18.4. The summed E-state index contributed by atoms with van der Waals surface area (Å²) >= 11 is 3.81. The van der Waals surface area contributed by atoms with E-state index in [1.807, 2.05) is 22.7 Å². The number of hydrogen-bond acceptors (Lipinski definition) is 2. The van der Waals surface area contributed by atoms with Crippen LogP contribution in [0.1, 0.15) is 25.0 Å². The molecule has 2 heteroatoms. The van der Waals surface area contributed by atoms with E-state index >= 15 is 0 Å². The summed E-state index contributed by atoms with van der Waals surface area (Å²) in [6, 6.07) is 59.8. The molecule has 53 heavy (non-hydrogen) atoms. The highest BCUT2D eigenvalue weighted by Gasteiger charge is 2.35. The van der Waals surface area contributed by atoms with Crippen molar-refractivity contribution in [3.05, 3.63) is 169 Å². The molecule has 2 aromatic heterocycles.